The highest BCUT2D eigenvalue weighted by Crippen LogP contribution is 2.30. The molecule has 2 aliphatic rings. The van der Waals surface area contributed by atoms with Gasteiger partial charge in [0.25, 0.3) is 11.1 Å². The molecule has 1 saturated heterocycles. The third-order valence-electron chi connectivity index (χ3n) is 3.91. The summed E-state index contributed by atoms with van der Waals surface area (Å²) in [5, 5.41) is 2.70. The van der Waals surface area contributed by atoms with E-state index in [2.05, 4.69) is 5.32 Å². The number of hydrogen-bond donors (Lipinski definition) is 1. The molecule has 1 aromatic rings. The van der Waals surface area contributed by atoms with Gasteiger partial charge in [-0.2, -0.15) is 0 Å². The molecule has 0 aromatic carbocycles. The van der Waals surface area contributed by atoms with Gasteiger partial charge in [-0.25, -0.2) is 0 Å². The number of nitrogens with zero attached hydrogens (tertiary/aromatic N) is 1. The Kier molecular flexibility index (Phi) is 4.01. The Labute approximate surface area is 126 Å². The van der Waals surface area contributed by atoms with Crippen LogP contribution in [-0.4, -0.2) is 39.8 Å². The summed E-state index contributed by atoms with van der Waals surface area (Å²) in [5.74, 6) is -0.0145. The lowest BCUT2D eigenvalue weighted by molar-refractivity contribution is -0.127. The second-order valence-corrected chi connectivity index (χ2v) is 6.15. The molecule has 1 aliphatic carbocycles. The highest BCUT2D eigenvalue weighted by atomic mass is 32.2. The zero-order valence-corrected chi connectivity index (χ0v) is 12.2. The Morgan fingerprint density at radius 1 is 1.33 bits per heavy atom. The van der Waals surface area contributed by atoms with Crippen molar-refractivity contribution in [1.29, 1.82) is 0 Å². The van der Waals surface area contributed by atoms with Crippen molar-refractivity contribution in [1.82, 2.24) is 10.2 Å². The van der Waals surface area contributed by atoms with Crippen LogP contribution < -0.4 is 5.32 Å². The van der Waals surface area contributed by atoms with Crippen molar-refractivity contribution in [2.45, 2.75) is 37.8 Å². The van der Waals surface area contributed by atoms with Crippen LogP contribution in [0.15, 0.2) is 22.8 Å². The summed E-state index contributed by atoms with van der Waals surface area (Å²) in [4.78, 5) is 37.2. The molecule has 0 unspecified atom stereocenters. The van der Waals surface area contributed by atoms with E-state index in [1.807, 2.05) is 0 Å². The number of hydrogen-bond acceptors (Lipinski definition) is 5. The van der Waals surface area contributed by atoms with Gasteiger partial charge in [0.1, 0.15) is 0 Å². The first kappa shape index (κ1) is 14.2. The fourth-order valence-corrected chi connectivity index (χ4v) is 3.68. The summed E-state index contributed by atoms with van der Waals surface area (Å²) < 4.78 is 5.08. The average Bonchev–Trinajstić information content (AvgIpc) is 3.11. The molecular weight excluding hydrogens is 292 g/mol. The molecule has 1 aromatic heterocycles. The van der Waals surface area contributed by atoms with E-state index in [-0.39, 0.29) is 40.7 Å². The van der Waals surface area contributed by atoms with Crippen molar-refractivity contribution in [2.24, 2.45) is 0 Å². The van der Waals surface area contributed by atoms with Crippen LogP contribution in [0.3, 0.4) is 0 Å². The molecule has 2 fully saturated rings. The molecule has 0 radical (unpaired) electrons. The van der Waals surface area contributed by atoms with Gasteiger partial charge in [0, 0.05) is 0 Å². The summed E-state index contributed by atoms with van der Waals surface area (Å²) in [6.45, 7) is 0. The molecule has 0 spiro atoms. The van der Waals surface area contributed by atoms with Crippen LogP contribution in [0.25, 0.3) is 0 Å². The smallest absolute Gasteiger partial charge is 0.289 e. The maximum atomic E-state index is 12.1. The van der Waals surface area contributed by atoms with Crippen LogP contribution in [0.2, 0.25) is 0 Å². The van der Waals surface area contributed by atoms with Gasteiger partial charge in [-0.05, 0) is 25.0 Å². The van der Waals surface area contributed by atoms with Crippen LogP contribution in [0.1, 0.15) is 36.2 Å². The molecule has 7 heteroatoms. The molecular formula is C14H16N2O4S. The largest absolute Gasteiger partial charge is 0.459 e. The van der Waals surface area contributed by atoms with Gasteiger partial charge in [-0.3, -0.25) is 19.3 Å². The Morgan fingerprint density at radius 3 is 2.81 bits per heavy atom. The van der Waals surface area contributed by atoms with Crippen LogP contribution in [0.5, 0.6) is 0 Å². The number of thioether (sulfide) groups is 1. The molecule has 2 heterocycles. The summed E-state index contributed by atoms with van der Waals surface area (Å²) in [5.41, 5.74) is 0. The van der Waals surface area contributed by atoms with Gasteiger partial charge >= 0.3 is 0 Å². The highest BCUT2D eigenvalue weighted by molar-refractivity contribution is 8.14. The van der Waals surface area contributed by atoms with Crippen LogP contribution in [0, 0.1) is 0 Å². The van der Waals surface area contributed by atoms with Gasteiger partial charge in [0.2, 0.25) is 5.91 Å². The van der Waals surface area contributed by atoms with Crippen molar-refractivity contribution in [3.63, 3.8) is 0 Å². The normalized spacial score (nSPS) is 26.2. The Hall–Kier alpha value is -1.76. The van der Waals surface area contributed by atoms with Crippen LogP contribution >= 0.6 is 11.8 Å². The molecule has 3 amide bonds. The zero-order valence-electron chi connectivity index (χ0n) is 11.4. The number of amides is 3. The predicted octanol–water partition coefficient (Wildman–Crippen LogP) is 2.02. The predicted molar refractivity (Wildman–Crippen MR) is 76.9 cm³/mol. The summed E-state index contributed by atoms with van der Waals surface area (Å²) in [6, 6.07) is 2.79. The first-order valence-corrected chi connectivity index (χ1v) is 7.98. The topological polar surface area (TPSA) is 79.6 Å². The van der Waals surface area contributed by atoms with Gasteiger partial charge in [-0.1, -0.05) is 24.6 Å². The second-order valence-electron chi connectivity index (χ2n) is 5.23. The SMILES string of the molecule is O=C(N[C@H]1CCCC[C@H]1N1C(=O)CSC1=O)c1ccco1. The van der Waals surface area contributed by atoms with Gasteiger partial charge < -0.3 is 9.73 Å². The van der Waals surface area contributed by atoms with E-state index >= 15 is 0 Å². The standard InChI is InChI=1S/C14H16N2O4S/c17-12-8-21-14(19)16(12)10-5-2-1-4-9(10)15-13(18)11-6-3-7-20-11/h3,6-7,9-10H,1-2,4-5,8H2,(H,15,18)/t9-,10+/m0/s1. The molecule has 1 N–H and O–H groups in total. The summed E-state index contributed by atoms with van der Waals surface area (Å²) >= 11 is 1.03. The van der Waals surface area contributed by atoms with E-state index in [1.54, 1.807) is 12.1 Å². The number of rotatable bonds is 3. The first-order chi connectivity index (χ1) is 10.2. The van der Waals surface area contributed by atoms with Crippen molar-refractivity contribution < 1.29 is 18.8 Å². The second kappa shape index (κ2) is 5.93. The summed E-state index contributed by atoms with van der Waals surface area (Å²) in [6.07, 6.45) is 4.87. The molecule has 3 rings (SSSR count). The minimum atomic E-state index is -0.302. The minimum Gasteiger partial charge on any atom is -0.459 e. The molecule has 6 nitrogen and oxygen atoms in total. The fraction of sp³-hybridized carbons (Fsp3) is 0.500. The van der Waals surface area contributed by atoms with Crippen molar-refractivity contribution >= 4 is 28.8 Å². The number of carbonyl (C=O) groups is 3. The van der Waals surface area contributed by atoms with E-state index in [4.69, 9.17) is 4.42 Å². The third kappa shape index (κ3) is 2.83. The van der Waals surface area contributed by atoms with Crippen molar-refractivity contribution in [3.05, 3.63) is 24.2 Å². The average molecular weight is 308 g/mol. The Bertz CT molecular complexity index is 541. The van der Waals surface area contributed by atoms with Crippen LogP contribution in [-0.2, 0) is 4.79 Å². The lowest BCUT2D eigenvalue weighted by Gasteiger charge is -2.36. The number of imide groups is 1. The van der Waals surface area contributed by atoms with E-state index in [1.165, 1.54) is 11.2 Å². The fourth-order valence-electron chi connectivity index (χ4n) is 2.92. The van der Waals surface area contributed by atoms with E-state index < -0.39 is 0 Å². The van der Waals surface area contributed by atoms with Gasteiger partial charge in [0.15, 0.2) is 5.76 Å². The monoisotopic (exact) mass is 308 g/mol. The number of carbonyl (C=O) groups excluding carboxylic acids is 3. The molecule has 0 bridgehead atoms. The molecule has 2 atom stereocenters. The zero-order chi connectivity index (χ0) is 14.8. The molecule has 21 heavy (non-hydrogen) atoms. The van der Waals surface area contributed by atoms with E-state index in [0.717, 1.165) is 37.4 Å². The number of nitrogens with one attached hydrogen (secondary N) is 1. The highest BCUT2D eigenvalue weighted by Gasteiger charge is 2.41. The minimum absolute atomic E-state index is 0.158. The van der Waals surface area contributed by atoms with Gasteiger partial charge in [-0.15, -0.1) is 0 Å². The number of furan rings is 1. The first-order valence-electron chi connectivity index (χ1n) is 7.00. The quantitative estimate of drug-likeness (QED) is 0.924. The lowest BCUT2D eigenvalue weighted by atomic mass is 9.89. The molecule has 112 valence electrons. The van der Waals surface area contributed by atoms with Crippen LogP contribution in [0.4, 0.5) is 4.79 Å². The Balaban J connectivity index is 1.74. The maximum absolute atomic E-state index is 12.1. The van der Waals surface area contributed by atoms with Crippen molar-refractivity contribution in [2.75, 3.05) is 5.75 Å². The van der Waals surface area contributed by atoms with E-state index in [9.17, 15) is 14.4 Å². The van der Waals surface area contributed by atoms with Gasteiger partial charge in [0.05, 0.1) is 24.1 Å². The molecule has 1 aliphatic heterocycles. The Morgan fingerprint density at radius 2 is 2.14 bits per heavy atom. The molecule has 1 saturated carbocycles. The maximum Gasteiger partial charge on any atom is 0.289 e. The lowest BCUT2D eigenvalue weighted by Crippen LogP contribution is -2.54. The van der Waals surface area contributed by atoms with E-state index in [0.29, 0.717) is 0 Å². The third-order valence-corrected chi connectivity index (χ3v) is 4.74. The van der Waals surface area contributed by atoms with Crippen molar-refractivity contribution in [3.8, 4) is 0 Å². The summed E-state index contributed by atoms with van der Waals surface area (Å²) in [7, 11) is 0.